The summed E-state index contributed by atoms with van der Waals surface area (Å²) in [6.07, 6.45) is 7.43. The van der Waals surface area contributed by atoms with Crippen LogP contribution in [0.3, 0.4) is 0 Å². The highest BCUT2D eigenvalue weighted by Gasteiger charge is 2.38. The zero-order valence-electron chi connectivity index (χ0n) is 11.9. The van der Waals surface area contributed by atoms with Crippen molar-refractivity contribution >= 4 is 17.6 Å². The monoisotopic (exact) mass is 268 g/mol. The molecule has 2 aliphatic carbocycles. The lowest BCUT2D eigenvalue weighted by molar-refractivity contribution is -0.118. The van der Waals surface area contributed by atoms with E-state index in [2.05, 4.69) is 30.3 Å². The standard InChI is InChI=1S/C18H20O2/c1-13(20)6-8-18(12-19)9-7-15-10-14-4-2-3-5-16(14)17(15)11-18/h2-5,11-12,15H,6-10H2,1H3. The van der Waals surface area contributed by atoms with Gasteiger partial charge in [0.25, 0.3) is 0 Å². The number of hydrogen-bond acceptors (Lipinski definition) is 2. The second-order valence-electron chi connectivity index (χ2n) is 6.25. The fraction of sp³-hybridized carbons (Fsp3) is 0.444. The van der Waals surface area contributed by atoms with Crippen molar-refractivity contribution in [3.63, 3.8) is 0 Å². The van der Waals surface area contributed by atoms with Crippen LogP contribution < -0.4 is 0 Å². The molecule has 0 heterocycles. The van der Waals surface area contributed by atoms with Crippen LogP contribution in [0.5, 0.6) is 0 Å². The quantitative estimate of drug-likeness (QED) is 0.782. The molecule has 0 saturated heterocycles. The molecule has 1 aromatic carbocycles. The van der Waals surface area contributed by atoms with Crippen molar-refractivity contribution in [1.82, 2.24) is 0 Å². The van der Waals surface area contributed by atoms with Gasteiger partial charge in [0.2, 0.25) is 0 Å². The lowest BCUT2D eigenvalue weighted by Crippen LogP contribution is -2.26. The zero-order chi connectivity index (χ0) is 14.2. The van der Waals surface area contributed by atoms with E-state index in [1.165, 1.54) is 16.7 Å². The molecule has 2 aliphatic rings. The first-order valence-corrected chi connectivity index (χ1v) is 7.40. The molecule has 0 aromatic heterocycles. The van der Waals surface area contributed by atoms with Crippen molar-refractivity contribution in [2.75, 3.05) is 0 Å². The predicted octanol–water partition coefficient (Wildman–Crippen LogP) is 3.59. The third-order valence-corrected chi connectivity index (χ3v) is 4.81. The Bertz CT molecular complexity index is 585. The van der Waals surface area contributed by atoms with E-state index in [0.717, 1.165) is 25.5 Å². The molecule has 0 fully saturated rings. The molecule has 20 heavy (non-hydrogen) atoms. The Hall–Kier alpha value is -1.70. The Morgan fingerprint density at radius 1 is 1.40 bits per heavy atom. The summed E-state index contributed by atoms with van der Waals surface area (Å²) in [6, 6.07) is 8.49. The Labute approximate surface area is 119 Å². The molecule has 3 rings (SSSR count). The fourth-order valence-corrected chi connectivity index (χ4v) is 3.61. The molecule has 2 atom stereocenters. The van der Waals surface area contributed by atoms with Crippen LogP contribution in [0.4, 0.5) is 0 Å². The molecule has 2 nitrogen and oxygen atoms in total. The Morgan fingerprint density at radius 2 is 2.20 bits per heavy atom. The number of benzene rings is 1. The summed E-state index contributed by atoms with van der Waals surface area (Å²) >= 11 is 0. The molecule has 0 saturated carbocycles. The lowest BCUT2D eigenvalue weighted by atomic mass is 9.71. The van der Waals surface area contributed by atoms with E-state index in [0.29, 0.717) is 18.8 Å². The number of fused-ring (bicyclic) bond motifs is 3. The van der Waals surface area contributed by atoms with Crippen molar-refractivity contribution in [3.05, 3.63) is 41.5 Å². The van der Waals surface area contributed by atoms with Gasteiger partial charge >= 0.3 is 0 Å². The van der Waals surface area contributed by atoms with Gasteiger partial charge in [-0.2, -0.15) is 0 Å². The van der Waals surface area contributed by atoms with Gasteiger partial charge < -0.3 is 9.59 Å². The Morgan fingerprint density at radius 3 is 2.95 bits per heavy atom. The first-order valence-electron chi connectivity index (χ1n) is 7.40. The minimum atomic E-state index is -0.422. The minimum Gasteiger partial charge on any atom is -0.302 e. The van der Waals surface area contributed by atoms with Crippen molar-refractivity contribution in [3.8, 4) is 0 Å². The van der Waals surface area contributed by atoms with Gasteiger partial charge in [-0.1, -0.05) is 30.3 Å². The van der Waals surface area contributed by atoms with E-state index in [9.17, 15) is 9.59 Å². The molecule has 0 bridgehead atoms. The van der Waals surface area contributed by atoms with Crippen LogP contribution in [-0.2, 0) is 16.0 Å². The molecule has 0 N–H and O–H groups in total. The van der Waals surface area contributed by atoms with Gasteiger partial charge in [-0.25, -0.2) is 0 Å². The molecular weight excluding hydrogens is 248 g/mol. The van der Waals surface area contributed by atoms with E-state index < -0.39 is 5.41 Å². The molecule has 2 unspecified atom stereocenters. The first-order chi connectivity index (χ1) is 9.63. The summed E-state index contributed by atoms with van der Waals surface area (Å²) in [7, 11) is 0. The molecule has 0 spiro atoms. The van der Waals surface area contributed by atoms with Gasteiger partial charge in [-0.05, 0) is 55.2 Å². The van der Waals surface area contributed by atoms with Crippen molar-refractivity contribution in [1.29, 1.82) is 0 Å². The average molecular weight is 268 g/mol. The predicted molar refractivity (Wildman–Crippen MR) is 79.3 cm³/mol. The molecule has 104 valence electrons. The molecule has 0 aliphatic heterocycles. The van der Waals surface area contributed by atoms with Gasteiger partial charge in [0.05, 0.1) is 0 Å². The SMILES string of the molecule is CC(=O)CCC1(C=O)C=C2c3ccccc3CC2CC1. The number of rotatable bonds is 4. The third kappa shape index (κ3) is 2.24. The summed E-state index contributed by atoms with van der Waals surface area (Å²) in [4.78, 5) is 22.9. The highest BCUT2D eigenvalue weighted by molar-refractivity contribution is 5.81. The minimum absolute atomic E-state index is 0.165. The summed E-state index contributed by atoms with van der Waals surface area (Å²) in [6.45, 7) is 1.60. The molecule has 0 amide bonds. The summed E-state index contributed by atoms with van der Waals surface area (Å²) in [5.74, 6) is 0.733. The van der Waals surface area contributed by atoms with Gasteiger partial charge in [-0.15, -0.1) is 0 Å². The molecule has 1 aromatic rings. The van der Waals surface area contributed by atoms with Crippen LogP contribution in [0.2, 0.25) is 0 Å². The van der Waals surface area contributed by atoms with Crippen LogP contribution >= 0.6 is 0 Å². The maximum atomic E-state index is 11.6. The number of carbonyl (C=O) groups excluding carboxylic acids is 2. The molecule has 2 heteroatoms. The second kappa shape index (κ2) is 5.01. The van der Waals surface area contributed by atoms with Crippen molar-refractivity contribution in [2.45, 2.75) is 39.0 Å². The number of carbonyl (C=O) groups is 2. The first kappa shape index (κ1) is 13.3. The fourth-order valence-electron chi connectivity index (χ4n) is 3.61. The zero-order valence-corrected chi connectivity index (χ0v) is 11.9. The van der Waals surface area contributed by atoms with Gasteiger partial charge in [-0.3, -0.25) is 0 Å². The maximum Gasteiger partial charge on any atom is 0.129 e. The summed E-state index contributed by atoms with van der Waals surface area (Å²) in [5, 5.41) is 0. The number of aldehydes is 1. The summed E-state index contributed by atoms with van der Waals surface area (Å²) in [5.41, 5.74) is 3.63. The van der Waals surface area contributed by atoms with Gasteiger partial charge in [0, 0.05) is 11.8 Å². The Kier molecular flexibility index (Phi) is 3.33. The Balaban J connectivity index is 1.95. The average Bonchev–Trinajstić information content (AvgIpc) is 2.83. The molecular formula is C18H20O2. The van der Waals surface area contributed by atoms with E-state index in [4.69, 9.17) is 0 Å². The van der Waals surface area contributed by atoms with Crippen LogP contribution in [0, 0.1) is 11.3 Å². The maximum absolute atomic E-state index is 11.6. The highest BCUT2D eigenvalue weighted by Crippen LogP contribution is 2.48. The van der Waals surface area contributed by atoms with Gasteiger partial charge in [0.1, 0.15) is 12.1 Å². The van der Waals surface area contributed by atoms with Crippen LogP contribution in [0.25, 0.3) is 5.57 Å². The normalized spacial score (nSPS) is 27.4. The third-order valence-electron chi connectivity index (χ3n) is 4.81. The highest BCUT2D eigenvalue weighted by atomic mass is 16.1. The van der Waals surface area contributed by atoms with E-state index >= 15 is 0 Å². The lowest BCUT2D eigenvalue weighted by Gasteiger charge is -2.32. The second-order valence-corrected chi connectivity index (χ2v) is 6.25. The number of Topliss-reactive ketones (excluding diaryl/α,β-unsaturated/α-hetero) is 1. The topological polar surface area (TPSA) is 34.1 Å². The summed E-state index contributed by atoms with van der Waals surface area (Å²) < 4.78 is 0. The van der Waals surface area contributed by atoms with E-state index in [1.807, 2.05) is 0 Å². The van der Waals surface area contributed by atoms with Crippen molar-refractivity contribution < 1.29 is 9.59 Å². The number of hydrogen-bond donors (Lipinski definition) is 0. The smallest absolute Gasteiger partial charge is 0.129 e. The number of ketones is 1. The van der Waals surface area contributed by atoms with Crippen molar-refractivity contribution in [2.24, 2.45) is 11.3 Å². The van der Waals surface area contributed by atoms with Crippen LogP contribution in [-0.4, -0.2) is 12.1 Å². The van der Waals surface area contributed by atoms with Crippen LogP contribution in [0.15, 0.2) is 30.3 Å². The van der Waals surface area contributed by atoms with E-state index in [1.54, 1.807) is 6.92 Å². The number of allylic oxidation sites excluding steroid dienone is 2. The van der Waals surface area contributed by atoms with Gasteiger partial charge in [0.15, 0.2) is 0 Å². The largest absolute Gasteiger partial charge is 0.302 e. The van der Waals surface area contributed by atoms with E-state index in [-0.39, 0.29) is 5.78 Å². The molecule has 0 radical (unpaired) electrons. The van der Waals surface area contributed by atoms with Crippen LogP contribution in [0.1, 0.15) is 43.7 Å².